The minimum Gasteiger partial charge on any atom is -0.358 e. The van der Waals surface area contributed by atoms with Crippen molar-refractivity contribution < 1.29 is 9.18 Å². The van der Waals surface area contributed by atoms with Gasteiger partial charge in [0.25, 0.3) is 0 Å². The van der Waals surface area contributed by atoms with Crippen LogP contribution in [0.4, 0.5) is 10.1 Å². The van der Waals surface area contributed by atoms with Gasteiger partial charge in [0, 0.05) is 22.5 Å². The van der Waals surface area contributed by atoms with Crippen LogP contribution in [0.15, 0.2) is 42.5 Å². The predicted molar refractivity (Wildman–Crippen MR) is 93.6 cm³/mol. The number of H-pyrrole nitrogens is 1. The molecule has 0 fully saturated rings. The van der Waals surface area contributed by atoms with Crippen LogP contribution in [0.5, 0.6) is 0 Å². The first kappa shape index (κ1) is 14.9. The number of fused-ring (bicyclic) bond motifs is 3. The fourth-order valence-electron chi connectivity index (χ4n) is 3.55. The van der Waals surface area contributed by atoms with Crippen molar-refractivity contribution in [1.29, 1.82) is 0 Å². The third-order valence-electron chi connectivity index (χ3n) is 4.85. The lowest BCUT2D eigenvalue weighted by Crippen LogP contribution is -2.28. The van der Waals surface area contributed by atoms with Crippen molar-refractivity contribution in [2.24, 2.45) is 5.92 Å². The van der Waals surface area contributed by atoms with E-state index in [1.165, 1.54) is 28.3 Å². The summed E-state index contributed by atoms with van der Waals surface area (Å²) in [6.45, 7) is 2.07. The number of aromatic amines is 1. The van der Waals surface area contributed by atoms with Gasteiger partial charge in [-0.2, -0.15) is 0 Å². The predicted octanol–water partition coefficient (Wildman–Crippen LogP) is 4.36. The lowest BCUT2D eigenvalue weighted by atomic mass is 9.85. The molecule has 0 radical (unpaired) electrons. The number of benzene rings is 2. The molecule has 1 aliphatic carbocycles. The first-order valence-electron chi connectivity index (χ1n) is 8.27. The Kier molecular flexibility index (Phi) is 3.60. The second-order valence-corrected chi connectivity index (χ2v) is 6.54. The number of hydrogen-bond donors (Lipinski definition) is 2. The van der Waals surface area contributed by atoms with Gasteiger partial charge in [0.15, 0.2) is 0 Å². The maximum Gasteiger partial charge on any atom is 0.227 e. The Morgan fingerprint density at radius 1 is 1.25 bits per heavy atom. The van der Waals surface area contributed by atoms with Crippen molar-refractivity contribution in [3.8, 4) is 0 Å². The smallest absolute Gasteiger partial charge is 0.227 e. The molecule has 3 aromatic rings. The summed E-state index contributed by atoms with van der Waals surface area (Å²) in [7, 11) is 0. The van der Waals surface area contributed by atoms with Gasteiger partial charge in [-0.15, -0.1) is 0 Å². The average molecular weight is 322 g/mol. The number of carbonyl (C=O) groups excluding carboxylic acids is 1. The van der Waals surface area contributed by atoms with Crippen molar-refractivity contribution in [1.82, 2.24) is 4.98 Å². The van der Waals surface area contributed by atoms with Crippen molar-refractivity contribution in [3.05, 3.63) is 65.1 Å². The molecule has 3 nitrogen and oxygen atoms in total. The highest BCUT2D eigenvalue weighted by atomic mass is 19.1. The zero-order valence-corrected chi connectivity index (χ0v) is 13.5. The summed E-state index contributed by atoms with van der Waals surface area (Å²) >= 11 is 0. The summed E-state index contributed by atoms with van der Waals surface area (Å²) in [5, 5.41) is 3.94. The van der Waals surface area contributed by atoms with Gasteiger partial charge in [0.2, 0.25) is 5.91 Å². The van der Waals surface area contributed by atoms with Crippen LogP contribution in [-0.4, -0.2) is 10.9 Å². The van der Waals surface area contributed by atoms with Gasteiger partial charge in [0.1, 0.15) is 5.82 Å². The van der Waals surface area contributed by atoms with E-state index in [1.807, 2.05) is 0 Å². The topological polar surface area (TPSA) is 44.9 Å². The van der Waals surface area contributed by atoms with E-state index in [4.69, 9.17) is 0 Å². The molecule has 0 bridgehead atoms. The highest BCUT2D eigenvalue weighted by molar-refractivity contribution is 5.94. The largest absolute Gasteiger partial charge is 0.358 e. The van der Waals surface area contributed by atoms with E-state index < -0.39 is 5.82 Å². The average Bonchev–Trinajstić information content (AvgIpc) is 2.94. The second kappa shape index (κ2) is 5.78. The second-order valence-electron chi connectivity index (χ2n) is 6.54. The van der Waals surface area contributed by atoms with Crippen LogP contribution in [0.3, 0.4) is 0 Å². The number of carbonyl (C=O) groups is 1. The van der Waals surface area contributed by atoms with Crippen LogP contribution >= 0.6 is 0 Å². The number of aromatic nitrogens is 1. The van der Waals surface area contributed by atoms with Crippen LogP contribution < -0.4 is 5.32 Å². The van der Waals surface area contributed by atoms with Crippen LogP contribution in [0.1, 0.15) is 23.2 Å². The standard InChI is InChI=1S/C20H19FN2O/c1-12-6-8-17-14(10-12)15-11-13(7-9-18(15)22-17)20(24)23-19-5-3-2-4-16(19)21/h2-6,8,10,13,22H,7,9,11H2,1H3,(H,23,24). The van der Waals surface area contributed by atoms with Gasteiger partial charge in [-0.05, 0) is 56.0 Å². The Balaban J connectivity index is 1.59. The molecule has 2 aromatic carbocycles. The number of hydrogen-bond acceptors (Lipinski definition) is 1. The fourth-order valence-corrected chi connectivity index (χ4v) is 3.55. The Morgan fingerprint density at radius 2 is 2.08 bits per heavy atom. The number of nitrogens with one attached hydrogen (secondary N) is 2. The quantitative estimate of drug-likeness (QED) is 0.723. The van der Waals surface area contributed by atoms with E-state index >= 15 is 0 Å². The molecule has 24 heavy (non-hydrogen) atoms. The van der Waals surface area contributed by atoms with Crippen LogP contribution in [0.2, 0.25) is 0 Å². The monoisotopic (exact) mass is 322 g/mol. The molecule has 1 heterocycles. The number of rotatable bonds is 2. The SMILES string of the molecule is Cc1ccc2[nH]c3c(c2c1)CC(C(=O)Nc1ccccc1F)CC3. The lowest BCUT2D eigenvalue weighted by Gasteiger charge is -2.22. The highest BCUT2D eigenvalue weighted by Crippen LogP contribution is 2.33. The zero-order chi connectivity index (χ0) is 16.7. The van der Waals surface area contributed by atoms with Crippen LogP contribution in [-0.2, 0) is 17.6 Å². The fraction of sp³-hybridized carbons (Fsp3) is 0.250. The Hall–Kier alpha value is -2.62. The third-order valence-corrected chi connectivity index (χ3v) is 4.85. The molecule has 2 N–H and O–H groups in total. The van der Waals surface area contributed by atoms with E-state index in [0.717, 1.165) is 18.4 Å². The van der Waals surface area contributed by atoms with Gasteiger partial charge in [-0.3, -0.25) is 4.79 Å². The van der Waals surface area contributed by atoms with Gasteiger partial charge in [-0.25, -0.2) is 4.39 Å². The van der Waals surface area contributed by atoms with Gasteiger partial charge < -0.3 is 10.3 Å². The molecule has 0 saturated heterocycles. The third kappa shape index (κ3) is 2.58. The molecule has 1 amide bonds. The van der Waals surface area contributed by atoms with E-state index in [1.54, 1.807) is 18.2 Å². The maximum absolute atomic E-state index is 13.7. The summed E-state index contributed by atoms with van der Waals surface area (Å²) in [6.07, 6.45) is 2.32. The van der Waals surface area contributed by atoms with Crippen LogP contribution in [0.25, 0.3) is 10.9 Å². The molecule has 1 aromatic heterocycles. The summed E-state index contributed by atoms with van der Waals surface area (Å²) < 4.78 is 13.7. The van der Waals surface area contributed by atoms with Gasteiger partial charge in [0.05, 0.1) is 5.69 Å². The summed E-state index contributed by atoms with van der Waals surface area (Å²) in [6, 6.07) is 12.6. The number of amides is 1. The van der Waals surface area contributed by atoms with Crippen molar-refractivity contribution in [3.63, 3.8) is 0 Å². The minimum atomic E-state index is -0.398. The van der Waals surface area contributed by atoms with E-state index in [9.17, 15) is 9.18 Å². The Morgan fingerprint density at radius 3 is 2.92 bits per heavy atom. The Bertz CT molecular complexity index is 929. The molecule has 0 aliphatic heterocycles. The molecule has 4 heteroatoms. The number of halogens is 1. The molecule has 1 aliphatic rings. The highest BCUT2D eigenvalue weighted by Gasteiger charge is 2.27. The number of aryl methyl sites for hydroxylation is 2. The van der Waals surface area contributed by atoms with Gasteiger partial charge in [-0.1, -0.05) is 23.8 Å². The molecule has 1 unspecified atom stereocenters. The van der Waals surface area contributed by atoms with Gasteiger partial charge >= 0.3 is 0 Å². The zero-order valence-electron chi connectivity index (χ0n) is 13.5. The van der Waals surface area contributed by atoms with Crippen LogP contribution in [0, 0.1) is 18.7 Å². The molecule has 1 atom stereocenters. The van der Waals surface area contributed by atoms with E-state index in [-0.39, 0.29) is 17.5 Å². The molecule has 4 rings (SSSR count). The summed E-state index contributed by atoms with van der Waals surface area (Å²) in [5.41, 5.74) is 5.05. The van der Waals surface area contributed by atoms with Crippen molar-refractivity contribution in [2.45, 2.75) is 26.2 Å². The maximum atomic E-state index is 13.7. The number of anilines is 1. The van der Waals surface area contributed by atoms with Crippen molar-refractivity contribution >= 4 is 22.5 Å². The Labute approximate surface area is 139 Å². The summed E-state index contributed by atoms with van der Waals surface area (Å²) in [4.78, 5) is 16.0. The summed E-state index contributed by atoms with van der Waals surface area (Å²) in [5.74, 6) is -0.630. The lowest BCUT2D eigenvalue weighted by molar-refractivity contribution is -0.120. The first-order chi connectivity index (χ1) is 11.6. The van der Waals surface area contributed by atoms with E-state index in [2.05, 4.69) is 35.4 Å². The molecule has 0 spiro atoms. The minimum absolute atomic E-state index is 0.104. The molecule has 122 valence electrons. The molecule has 0 saturated carbocycles. The first-order valence-corrected chi connectivity index (χ1v) is 8.27. The normalized spacial score (nSPS) is 16.8. The molecular weight excluding hydrogens is 303 g/mol. The van der Waals surface area contributed by atoms with E-state index in [0.29, 0.717) is 6.42 Å². The van der Waals surface area contributed by atoms with Crippen molar-refractivity contribution in [2.75, 3.05) is 5.32 Å². The number of para-hydroxylation sites is 1. The molecular formula is C20H19FN2O.